The predicted molar refractivity (Wildman–Crippen MR) is 96.1 cm³/mol. The number of benzene rings is 1. The van der Waals surface area contributed by atoms with Gasteiger partial charge in [0.25, 0.3) is 0 Å². The van der Waals surface area contributed by atoms with E-state index in [0.717, 1.165) is 26.1 Å². The van der Waals surface area contributed by atoms with Crippen molar-refractivity contribution in [2.45, 2.75) is 32.5 Å². The Hall–Kier alpha value is -2.18. The average molecular weight is 342 g/mol. The highest BCUT2D eigenvalue weighted by atomic mass is 16.5. The first-order chi connectivity index (χ1) is 12.2. The number of carbonyl (C=O) groups is 1. The Morgan fingerprint density at radius 2 is 2.28 bits per heavy atom. The molecule has 0 spiro atoms. The lowest BCUT2D eigenvalue weighted by Gasteiger charge is -2.34. The molecule has 2 heterocycles. The topological polar surface area (TPSA) is 59.4 Å². The van der Waals surface area contributed by atoms with E-state index in [2.05, 4.69) is 57.3 Å². The molecule has 0 radical (unpaired) electrons. The first kappa shape index (κ1) is 17.6. The van der Waals surface area contributed by atoms with E-state index in [1.165, 1.54) is 23.9 Å². The molecular formula is C19H26N4O2. The largest absolute Gasteiger partial charge is 0.375 e. The van der Waals surface area contributed by atoms with Crippen molar-refractivity contribution in [2.24, 2.45) is 0 Å². The smallest absolute Gasteiger partial charge is 0.245 e. The van der Waals surface area contributed by atoms with Crippen molar-refractivity contribution < 1.29 is 9.53 Å². The summed E-state index contributed by atoms with van der Waals surface area (Å²) < 4.78 is 6.95. The number of aromatic nitrogens is 2. The molecule has 1 aromatic carbocycles. The van der Waals surface area contributed by atoms with Crippen LogP contribution in [0.5, 0.6) is 0 Å². The van der Waals surface area contributed by atoms with Crippen molar-refractivity contribution in [3.05, 3.63) is 53.3 Å². The Morgan fingerprint density at radius 1 is 1.40 bits per heavy atom. The van der Waals surface area contributed by atoms with E-state index >= 15 is 0 Å². The molecule has 1 aliphatic rings. The average Bonchev–Trinajstić information content (AvgIpc) is 3.04. The molecule has 1 amide bonds. The molecule has 1 N–H and O–H groups in total. The van der Waals surface area contributed by atoms with Crippen LogP contribution in [0.25, 0.3) is 0 Å². The minimum absolute atomic E-state index is 0.0735. The van der Waals surface area contributed by atoms with Gasteiger partial charge in [0, 0.05) is 39.5 Å². The van der Waals surface area contributed by atoms with E-state index < -0.39 is 0 Å². The van der Waals surface area contributed by atoms with Crippen LogP contribution in [0.15, 0.2) is 36.5 Å². The summed E-state index contributed by atoms with van der Waals surface area (Å²) in [6.07, 6.45) is 2.72. The molecule has 1 aliphatic heterocycles. The van der Waals surface area contributed by atoms with Crippen LogP contribution in [0.3, 0.4) is 0 Å². The van der Waals surface area contributed by atoms with Crippen LogP contribution in [-0.2, 0) is 22.6 Å². The highest BCUT2D eigenvalue weighted by Crippen LogP contribution is 2.24. The van der Waals surface area contributed by atoms with Crippen LogP contribution in [0, 0.1) is 6.92 Å². The van der Waals surface area contributed by atoms with Crippen molar-refractivity contribution in [1.82, 2.24) is 20.0 Å². The van der Waals surface area contributed by atoms with Gasteiger partial charge in [-0.15, -0.1) is 0 Å². The van der Waals surface area contributed by atoms with Gasteiger partial charge in [-0.3, -0.25) is 14.4 Å². The molecule has 0 aliphatic carbocycles. The van der Waals surface area contributed by atoms with Gasteiger partial charge in [-0.25, -0.2) is 0 Å². The summed E-state index contributed by atoms with van der Waals surface area (Å²) in [5.74, 6) is -0.0735. The minimum Gasteiger partial charge on any atom is -0.375 e. The fraction of sp³-hybridized carbons (Fsp3) is 0.474. The standard InChI is InChI=1S/C19H26N4O2/c1-15-4-3-5-16(10-15)11-22-12-17(6-8-20-19(24)14-25-2)23-18(13-22)7-9-21-23/h3-5,7,9-10,17H,6,8,11-14H2,1-2H3,(H,20,24). The maximum absolute atomic E-state index is 11.5. The van der Waals surface area contributed by atoms with Crippen molar-refractivity contribution in [3.63, 3.8) is 0 Å². The lowest BCUT2D eigenvalue weighted by Crippen LogP contribution is -2.39. The molecule has 134 valence electrons. The molecule has 1 unspecified atom stereocenters. The third kappa shape index (κ3) is 4.67. The molecular weight excluding hydrogens is 316 g/mol. The van der Waals surface area contributed by atoms with Gasteiger partial charge in [0.1, 0.15) is 6.61 Å². The maximum atomic E-state index is 11.5. The van der Waals surface area contributed by atoms with Gasteiger partial charge in [-0.2, -0.15) is 5.10 Å². The fourth-order valence-corrected chi connectivity index (χ4v) is 3.43. The number of hydrogen-bond acceptors (Lipinski definition) is 4. The summed E-state index contributed by atoms with van der Waals surface area (Å²) in [6, 6.07) is 11.0. The number of methoxy groups -OCH3 is 1. The van der Waals surface area contributed by atoms with Crippen LogP contribution in [0.4, 0.5) is 0 Å². The van der Waals surface area contributed by atoms with Crippen LogP contribution in [0.2, 0.25) is 0 Å². The lowest BCUT2D eigenvalue weighted by molar-refractivity contribution is -0.124. The maximum Gasteiger partial charge on any atom is 0.245 e. The molecule has 0 saturated carbocycles. The number of ether oxygens (including phenoxy) is 1. The first-order valence-electron chi connectivity index (χ1n) is 8.71. The Labute approximate surface area is 148 Å². The van der Waals surface area contributed by atoms with Crippen molar-refractivity contribution >= 4 is 5.91 Å². The number of hydrogen-bond donors (Lipinski definition) is 1. The Morgan fingerprint density at radius 3 is 3.08 bits per heavy atom. The molecule has 6 heteroatoms. The summed E-state index contributed by atoms with van der Waals surface area (Å²) in [6.45, 7) is 5.63. The van der Waals surface area contributed by atoms with Gasteiger partial charge in [-0.05, 0) is 25.0 Å². The summed E-state index contributed by atoms with van der Waals surface area (Å²) in [4.78, 5) is 14.0. The van der Waals surface area contributed by atoms with Crippen LogP contribution in [0.1, 0.15) is 29.3 Å². The molecule has 1 atom stereocenters. The number of aryl methyl sites for hydroxylation is 1. The Balaban J connectivity index is 1.62. The quantitative estimate of drug-likeness (QED) is 0.835. The van der Waals surface area contributed by atoms with E-state index in [9.17, 15) is 4.79 Å². The predicted octanol–water partition coefficient (Wildman–Crippen LogP) is 1.90. The Kier molecular flexibility index (Phi) is 5.83. The highest BCUT2D eigenvalue weighted by Gasteiger charge is 2.25. The second-order valence-corrected chi connectivity index (χ2v) is 6.65. The van der Waals surface area contributed by atoms with Gasteiger partial charge in [-0.1, -0.05) is 29.8 Å². The molecule has 0 fully saturated rings. The van der Waals surface area contributed by atoms with Gasteiger partial charge in [0.05, 0.1) is 11.7 Å². The molecule has 2 aromatic rings. The molecule has 3 rings (SSSR count). The molecule has 6 nitrogen and oxygen atoms in total. The number of fused-ring (bicyclic) bond motifs is 1. The van der Waals surface area contributed by atoms with E-state index in [1.54, 1.807) is 0 Å². The first-order valence-corrected chi connectivity index (χ1v) is 8.71. The van der Waals surface area contributed by atoms with Gasteiger partial charge < -0.3 is 10.1 Å². The van der Waals surface area contributed by atoms with Gasteiger partial charge >= 0.3 is 0 Å². The normalized spacial score (nSPS) is 17.3. The number of carbonyl (C=O) groups excluding carboxylic acids is 1. The fourth-order valence-electron chi connectivity index (χ4n) is 3.43. The Bertz CT molecular complexity index is 713. The number of nitrogens with one attached hydrogen (secondary N) is 1. The molecule has 25 heavy (non-hydrogen) atoms. The summed E-state index contributed by atoms with van der Waals surface area (Å²) in [5.41, 5.74) is 3.85. The summed E-state index contributed by atoms with van der Waals surface area (Å²) in [5, 5.41) is 7.38. The number of rotatable bonds is 7. The molecule has 0 bridgehead atoms. The third-order valence-electron chi connectivity index (χ3n) is 4.52. The van der Waals surface area contributed by atoms with E-state index in [0.29, 0.717) is 6.54 Å². The monoisotopic (exact) mass is 342 g/mol. The minimum atomic E-state index is -0.0735. The van der Waals surface area contributed by atoms with Crippen molar-refractivity contribution in [1.29, 1.82) is 0 Å². The van der Waals surface area contributed by atoms with Gasteiger partial charge in [0.2, 0.25) is 5.91 Å². The zero-order valence-corrected chi connectivity index (χ0v) is 14.9. The SMILES string of the molecule is COCC(=O)NCCC1CN(Cc2cccc(C)c2)Cc2ccnn21. The van der Waals surface area contributed by atoms with Gasteiger partial charge in [0.15, 0.2) is 0 Å². The number of nitrogens with zero attached hydrogens (tertiary/aromatic N) is 3. The zero-order chi connectivity index (χ0) is 17.6. The molecule has 0 saturated heterocycles. The van der Waals surface area contributed by atoms with E-state index in [-0.39, 0.29) is 18.6 Å². The van der Waals surface area contributed by atoms with Crippen LogP contribution >= 0.6 is 0 Å². The van der Waals surface area contributed by atoms with Crippen LogP contribution < -0.4 is 5.32 Å². The molecule has 1 aromatic heterocycles. The zero-order valence-electron chi connectivity index (χ0n) is 14.9. The second-order valence-electron chi connectivity index (χ2n) is 6.65. The van der Waals surface area contributed by atoms with Crippen molar-refractivity contribution in [3.8, 4) is 0 Å². The number of amides is 1. The highest BCUT2D eigenvalue weighted by molar-refractivity contribution is 5.77. The third-order valence-corrected chi connectivity index (χ3v) is 4.52. The lowest BCUT2D eigenvalue weighted by atomic mass is 10.1. The second kappa shape index (κ2) is 8.27. The van der Waals surface area contributed by atoms with Crippen LogP contribution in [-0.4, -0.2) is 47.4 Å². The van der Waals surface area contributed by atoms with Crippen molar-refractivity contribution in [2.75, 3.05) is 26.8 Å². The summed E-state index contributed by atoms with van der Waals surface area (Å²) in [7, 11) is 1.53. The summed E-state index contributed by atoms with van der Waals surface area (Å²) >= 11 is 0. The van der Waals surface area contributed by atoms with E-state index in [4.69, 9.17) is 4.74 Å². The van der Waals surface area contributed by atoms with E-state index in [1.807, 2.05) is 6.20 Å².